The van der Waals surface area contributed by atoms with Gasteiger partial charge in [-0.3, -0.25) is 28.7 Å². The average molecular weight is 1050 g/mol. The first kappa shape index (κ1) is 59.3. The van der Waals surface area contributed by atoms with Gasteiger partial charge in [-0.15, -0.1) is 0 Å². The van der Waals surface area contributed by atoms with E-state index < -0.39 is 43.8 Å². The second-order valence-corrected chi connectivity index (χ2v) is 24.7. The first-order valence-electron chi connectivity index (χ1n) is 26.9. The van der Waals surface area contributed by atoms with Crippen LogP contribution in [0.4, 0.5) is 4.39 Å². The van der Waals surface area contributed by atoms with E-state index in [1.807, 2.05) is 24.8 Å². The summed E-state index contributed by atoms with van der Waals surface area (Å²) in [5.74, 6) is -1.88. The quantitative estimate of drug-likeness (QED) is 0.0564. The molecule has 0 radical (unpaired) electrons. The number of sulfonamides is 1. The van der Waals surface area contributed by atoms with Gasteiger partial charge in [-0.05, 0) is 103 Å². The van der Waals surface area contributed by atoms with E-state index in [0.29, 0.717) is 44.6 Å². The van der Waals surface area contributed by atoms with E-state index >= 15 is 0 Å². The van der Waals surface area contributed by atoms with E-state index in [-0.39, 0.29) is 53.7 Å². The Morgan fingerprint density at radius 2 is 1.36 bits per heavy atom. The van der Waals surface area contributed by atoms with Crippen LogP contribution in [-0.4, -0.2) is 149 Å². The van der Waals surface area contributed by atoms with Crippen molar-refractivity contribution in [3.8, 4) is 0 Å². The molecule has 4 fully saturated rings. The Kier molecular flexibility index (Phi) is 23.3. The van der Waals surface area contributed by atoms with E-state index in [0.717, 1.165) is 133 Å². The lowest BCUT2D eigenvalue weighted by Gasteiger charge is -2.54. The molecule has 4 heterocycles. The van der Waals surface area contributed by atoms with Crippen molar-refractivity contribution in [1.82, 2.24) is 29.0 Å². The maximum Gasteiger partial charge on any atom is 0.327 e. The smallest absolute Gasteiger partial charge is 0.327 e. The van der Waals surface area contributed by atoms with Crippen LogP contribution >= 0.6 is 0 Å². The van der Waals surface area contributed by atoms with Crippen LogP contribution in [0.25, 0.3) is 0 Å². The summed E-state index contributed by atoms with van der Waals surface area (Å²) in [6.45, 7) is 18.0. The summed E-state index contributed by atoms with van der Waals surface area (Å²) < 4.78 is 84.1. The molecule has 3 atom stereocenters. The van der Waals surface area contributed by atoms with Gasteiger partial charge in [0.25, 0.3) is 16.0 Å². The molecule has 1 saturated carbocycles. The van der Waals surface area contributed by atoms with E-state index in [1.54, 1.807) is 16.4 Å². The van der Waals surface area contributed by atoms with Gasteiger partial charge in [0.15, 0.2) is 5.25 Å². The zero-order valence-electron chi connectivity index (χ0n) is 44.1. The summed E-state index contributed by atoms with van der Waals surface area (Å²) >= 11 is 0. The number of piperazine rings is 1. The molecule has 1 N–H and O–H groups in total. The van der Waals surface area contributed by atoms with Gasteiger partial charge in [0.2, 0.25) is 10.0 Å². The standard InChI is InChI=1S/C33H47FN6O3S.C20H38O7S/c1-23-21-38(33(4)12-16-37(17-13-33)32(41)30-24(2)35-22-36-25(30)3)18-19-40(23)31(27-6-5-7-28(34)20-27)26-10-14-39(15-11-26)44(42,43)29-8-9-29;1-3-5-7-9-11-13-15-26-19(21)17-18(28(23,24)25)20(22)27-16-14-12-10-8-6-4-2/h5-7,20,22-23,26,29,31H,8-19,21H2,1-4H3;18H,3-17H2,1-2H3,(H,23,24,25)/t23-,31+;/m1./s1. The zero-order chi connectivity index (χ0) is 52.5. The molecule has 0 bridgehead atoms. The highest BCUT2D eigenvalue weighted by Crippen LogP contribution is 2.41. The van der Waals surface area contributed by atoms with Crippen molar-refractivity contribution >= 4 is 38.0 Å². The van der Waals surface area contributed by atoms with Crippen LogP contribution in [0.3, 0.4) is 0 Å². The number of aryl methyl sites for hydroxylation is 2. The summed E-state index contributed by atoms with van der Waals surface area (Å²) in [5, 5.41) is -2.11. The molecule has 2 aromatic rings. The van der Waals surface area contributed by atoms with Crippen LogP contribution in [-0.2, 0) is 39.2 Å². The number of benzene rings is 1. The van der Waals surface area contributed by atoms with E-state index in [9.17, 15) is 40.2 Å². The number of likely N-dealkylation sites (tertiary alicyclic amines) is 1. The number of aromatic nitrogens is 2. The number of unbranched alkanes of at least 4 members (excludes halogenated alkanes) is 10. The van der Waals surface area contributed by atoms with Crippen molar-refractivity contribution in [2.75, 3.05) is 59.0 Å². The molecule has 4 aliphatic rings. The summed E-state index contributed by atoms with van der Waals surface area (Å²) in [4.78, 5) is 52.8. The van der Waals surface area contributed by atoms with Gasteiger partial charge in [-0.25, -0.2) is 27.1 Å². The highest BCUT2D eigenvalue weighted by atomic mass is 32.2. The molecule has 1 aromatic heterocycles. The Labute approximate surface area is 430 Å². The number of halogens is 1. The average Bonchev–Trinajstić information content (AvgIpc) is 4.21. The molecule has 1 aromatic carbocycles. The predicted molar refractivity (Wildman–Crippen MR) is 277 cm³/mol. The first-order chi connectivity index (χ1) is 34.3. The topological polar surface area (TPSA) is 197 Å². The fourth-order valence-electron chi connectivity index (χ4n) is 10.6. The fourth-order valence-corrected chi connectivity index (χ4v) is 13.2. The summed E-state index contributed by atoms with van der Waals surface area (Å²) in [7, 11) is -7.91. The van der Waals surface area contributed by atoms with Crippen molar-refractivity contribution < 1.29 is 49.6 Å². The minimum absolute atomic E-state index is 0.00866. The van der Waals surface area contributed by atoms with Gasteiger partial charge in [0, 0.05) is 63.4 Å². The van der Waals surface area contributed by atoms with Gasteiger partial charge in [0.1, 0.15) is 12.1 Å². The van der Waals surface area contributed by atoms with E-state index in [1.165, 1.54) is 18.8 Å². The first-order valence-corrected chi connectivity index (χ1v) is 29.9. The molecule has 6 rings (SSSR count). The van der Waals surface area contributed by atoms with Gasteiger partial charge in [-0.1, -0.05) is 90.2 Å². The minimum Gasteiger partial charge on any atom is -0.466 e. The van der Waals surface area contributed by atoms with Gasteiger partial charge < -0.3 is 14.4 Å². The van der Waals surface area contributed by atoms with Crippen LogP contribution in [0.1, 0.15) is 183 Å². The number of rotatable bonds is 25. The van der Waals surface area contributed by atoms with Crippen LogP contribution in [0.15, 0.2) is 30.6 Å². The Morgan fingerprint density at radius 1 is 0.792 bits per heavy atom. The minimum atomic E-state index is -4.73. The number of piperidine rings is 2. The molecular weight excluding hydrogens is 964 g/mol. The lowest BCUT2D eigenvalue weighted by atomic mass is 9.82. The summed E-state index contributed by atoms with van der Waals surface area (Å²) in [6, 6.07) is 7.29. The monoisotopic (exact) mass is 1050 g/mol. The maximum absolute atomic E-state index is 14.5. The molecule has 16 nitrogen and oxygen atoms in total. The molecular formula is C53H85FN6O10S2. The third-order valence-corrected chi connectivity index (χ3v) is 18.8. The number of carbonyl (C=O) groups excluding carboxylic acids is 3. The second kappa shape index (κ2) is 28.3. The Hall–Kier alpha value is -3.62. The molecule has 3 aliphatic heterocycles. The predicted octanol–water partition coefficient (Wildman–Crippen LogP) is 8.62. The molecule has 72 heavy (non-hydrogen) atoms. The highest BCUT2D eigenvalue weighted by molar-refractivity contribution is 7.90. The molecule has 3 saturated heterocycles. The van der Waals surface area contributed by atoms with Gasteiger partial charge >= 0.3 is 11.9 Å². The normalized spacial score (nSPS) is 20.3. The lowest BCUT2D eigenvalue weighted by molar-refractivity contribution is -0.150. The number of amides is 1. The molecule has 0 spiro atoms. The second-order valence-electron chi connectivity index (χ2n) is 20.9. The third kappa shape index (κ3) is 17.2. The number of hydrogen-bond donors (Lipinski definition) is 1. The number of nitrogens with zero attached hydrogens (tertiary/aromatic N) is 6. The van der Waals surface area contributed by atoms with Gasteiger partial charge in [-0.2, -0.15) is 8.42 Å². The van der Waals surface area contributed by atoms with Crippen LogP contribution < -0.4 is 0 Å². The molecule has 406 valence electrons. The maximum atomic E-state index is 14.5. The summed E-state index contributed by atoms with van der Waals surface area (Å²) in [5.41, 5.74) is 3.05. The molecule has 19 heteroatoms. The van der Waals surface area contributed by atoms with E-state index in [2.05, 4.69) is 47.5 Å². The van der Waals surface area contributed by atoms with Crippen molar-refractivity contribution in [1.29, 1.82) is 0 Å². The number of carbonyl (C=O) groups is 3. The SMILES string of the molecule is CCCCCCCCOC(=O)CC(C(=O)OCCCCCCCC)S(=O)(=O)O.Cc1ncnc(C)c1C(=O)N1CCC(C)(N2CCN([C@H](c3cccc(F)c3)C3CCN(S(=O)(=O)C4CC4)CC3)[C@H](C)C2)CC1. The zero-order valence-corrected chi connectivity index (χ0v) is 45.7. The Bertz CT molecular complexity index is 2250. The molecule has 1 amide bonds. The van der Waals surface area contributed by atoms with Crippen LogP contribution in [0.2, 0.25) is 0 Å². The number of esters is 2. The molecule has 1 unspecified atom stereocenters. The van der Waals surface area contributed by atoms with Crippen molar-refractivity contribution in [3.05, 3.63) is 58.9 Å². The van der Waals surface area contributed by atoms with E-state index in [4.69, 9.17) is 9.47 Å². The fraction of sp³-hybridized carbons (Fsp3) is 0.755. The van der Waals surface area contributed by atoms with Crippen LogP contribution in [0, 0.1) is 25.6 Å². The Morgan fingerprint density at radius 3 is 1.90 bits per heavy atom. The van der Waals surface area contributed by atoms with Crippen LogP contribution in [0.5, 0.6) is 0 Å². The largest absolute Gasteiger partial charge is 0.466 e. The van der Waals surface area contributed by atoms with Gasteiger partial charge in [0.05, 0.1) is 41.8 Å². The number of ether oxygens (including phenoxy) is 2. The van der Waals surface area contributed by atoms with Crippen molar-refractivity contribution in [3.63, 3.8) is 0 Å². The number of hydrogen-bond acceptors (Lipinski definition) is 13. The summed E-state index contributed by atoms with van der Waals surface area (Å²) in [6.07, 6.45) is 17.8. The third-order valence-electron chi connectivity index (χ3n) is 15.3. The van der Waals surface area contributed by atoms with Crippen molar-refractivity contribution in [2.24, 2.45) is 5.92 Å². The lowest BCUT2D eigenvalue weighted by Crippen LogP contribution is -2.63. The van der Waals surface area contributed by atoms with Crippen molar-refractivity contribution in [2.45, 2.75) is 192 Å². The Balaban J connectivity index is 0.000000299. The highest BCUT2D eigenvalue weighted by Gasteiger charge is 2.45. The molecule has 1 aliphatic carbocycles.